The number of carbonyl (C=O) groups is 2. The van der Waals surface area contributed by atoms with Gasteiger partial charge < -0.3 is 9.47 Å². The van der Waals surface area contributed by atoms with Gasteiger partial charge in [0.15, 0.2) is 12.7 Å². The van der Waals surface area contributed by atoms with Crippen molar-refractivity contribution in [2.24, 2.45) is 0 Å². The number of nitrogens with one attached hydrogen (secondary N) is 2. The number of para-hydroxylation sites is 2. The van der Waals surface area contributed by atoms with Gasteiger partial charge in [0.2, 0.25) is 0 Å². The lowest BCUT2D eigenvalue weighted by atomic mass is 9.98. The zero-order chi connectivity index (χ0) is 22.1. The fraction of sp³-hybridized carbons (Fsp3) is 0.417. The van der Waals surface area contributed by atoms with Gasteiger partial charge in [0.1, 0.15) is 11.5 Å². The summed E-state index contributed by atoms with van der Waals surface area (Å²) in [6.07, 6.45) is 0.727. The predicted octanol–water partition coefficient (Wildman–Crippen LogP) is 4.20. The lowest BCUT2D eigenvalue weighted by Gasteiger charge is -2.21. The Hall–Kier alpha value is -3.02. The number of benzene rings is 2. The Balaban J connectivity index is 1.90. The van der Waals surface area contributed by atoms with Gasteiger partial charge in [-0.15, -0.1) is 0 Å². The molecule has 0 bridgehead atoms. The van der Waals surface area contributed by atoms with E-state index in [1.165, 1.54) is 0 Å². The van der Waals surface area contributed by atoms with E-state index in [2.05, 4.69) is 24.7 Å². The highest BCUT2D eigenvalue weighted by molar-refractivity contribution is 5.85. The van der Waals surface area contributed by atoms with Crippen LogP contribution in [-0.4, -0.2) is 24.5 Å². The fourth-order valence-corrected chi connectivity index (χ4v) is 3.10. The lowest BCUT2D eigenvalue weighted by Crippen LogP contribution is -2.49. The van der Waals surface area contributed by atoms with Crippen LogP contribution in [0, 0.1) is 13.8 Å². The molecule has 0 aliphatic rings. The van der Waals surface area contributed by atoms with E-state index in [4.69, 9.17) is 9.47 Å². The molecule has 0 heterocycles. The smallest absolute Gasteiger partial charge is 0.279 e. The van der Waals surface area contributed by atoms with Crippen LogP contribution < -0.4 is 20.3 Å². The first kappa shape index (κ1) is 23.3. The van der Waals surface area contributed by atoms with Gasteiger partial charge in [0.05, 0.1) is 0 Å². The Morgan fingerprint density at radius 1 is 0.933 bits per heavy atom. The van der Waals surface area contributed by atoms with Crippen LogP contribution in [0.3, 0.4) is 0 Å². The first-order chi connectivity index (χ1) is 14.4. The Morgan fingerprint density at radius 2 is 1.60 bits per heavy atom. The third-order valence-electron chi connectivity index (χ3n) is 5.08. The highest BCUT2D eigenvalue weighted by Gasteiger charge is 2.21. The van der Waals surface area contributed by atoms with Gasteiger partial charge in [0.25, 0.3) is 11.8 Å². The van der Waals surface area contributed by atoms with E-state index in [-0.39, 0.29) is 6.61 Å². The van der Waals surface area contributed by atoms with Crippen LogP contribution in [0.25, 0.3) is 0 Å². The summed E-state index contributed by atoms with van der Waals surface area (Å²) in [7, 11) is 0. The van der Waals surface area contributed by atoms with Gasteiger partial charge in [-0.3, -0.25) is 20.4 Å². The third kappa shape index (κ3) is 6.24. The van der Waals surface area contributed by atoms with Gasteiger partial charge in [-0.2, -0.15) is 0 Å². The summed E-state index contributed by atoms with van der Waals surface area (Å²) >= 11 is 0. The molecule has 0 aliphatic heterocycles. The molecule has 0 aliphatic carbocycles. The van der Waals surface area contributed by atoms with E-state index < -0.39 is 17.9 Å². The number of aryl methyl sites for hydroxylation is 2. The van der Waals surface area contributed by atoms with Crippen molar-refractivity contribution in [1.29, 1.82) is 0 Å². The normalized spacial score (nSPS) is 12.6. The zero-order valence-electron chi connectivity index (χ0n) is 18.5. The molecule has 2 aromatic rings. The zero-order valence-corrected chi connectivity index (χ0v) is 18.5. The molecular formula is C24H32N2O4. The van der Waals surface area contributed by atoms with Crippen molar-refractivity contribution in [3.05, 3.63) is 59.2 Å². The molecule has 2 aromatic carbocycles. The number of carbonyl (C=O) groups excluding carboxylic acids is 2. The van der Waals surface area contributed by atoms with E-state index in [0.717, 1.165) is 23.1 Å². The van der Waals surface area contributed by atoms with Crippen LogP contribution in [0.2, 0.25) is 0 Å². The highest BCUT2D eigenvalue weighted by Crippen LogP contribution is 2.29. The van der Waals surface area contributed by atoms with Crippen molar-refractivity contribution in [3.63, 3.8) is 0 Å². The molecule has 30 heavy (non-hydrogen) atoms. The van der Waals surface area contributed by atoms with E-state index in [1.54, 1.807) is 0 Å². The Labute approximate surface area is 178 Å². The van der Waals surface area contributed by atoms with Crippen molar-refractivity contribution in [2.75, 3.05) is 6.61 Å². The van der Waals surface area contributed by atoms with Crippen molar-refractivity contribution < 1.29 is 19.1 Å². The number of hydrogen-bond acceptors (Lipinski definition) is 4. The van der Waals surface area contributed by atoms with Crippen LogP contribution >= 0.6 is 0 Å². The first-order valence-corrected chi connectivity index (χ1v) is 10.4. The average Bonchev–Trinajstić information content (AvgIpc) is 2.75. The van der Waals surface area contributed by atoms with Gasteiger partial charge in [-0.25, -0.2) is 0 Å². The summed E-state index contributed by atoms with van der Waals surface area (Å²) in [6.45, 7) is 9.74. The summed E-state index contributed by atoms with van der Waals surface area (Å²) in [5.74, 6) is 0.843. The van der Waals surface area contributed by atoms with E-state index in [1.807, 2.05) is 63.2 Å². The molecule has 0 saturated heterocycles. The minimum atomic E-state index is -0.713. The lowest BCUT2D eigenvalue weighted by molar-refractivity contribution is -0.134. The summed E-state index contributed by atoms with van der Waals surface area (Å²) in [5, 5.41) is 0. The van der Waals surface area contributed by atoms with Crippen molar-refractivity contribution >= 4 is 11.8 Å². The van der Waals surface area contributed by atoms with Gasteiger partial charge in [-0.1, -0.05) is 57.2 Å². The molecule has 162 valence electrons. The number of rotatable bonds is 9. The quantitative estimate of drug-likeness (QED) is 0.605. The standard InChI is InChI=1S/C24H32N2O4/c1-6-16(3)19-13-8-9-14-21(19)30-20(7-2)24(28)26-25-22(27)15-29-23-17(4)11-10-12-18(23)5/h8-14,16,20H,6-7,15H2,1-5H3,(H,25,27)(H,26,28). The van der Waals surface area contributed by atoms with Gasteiger partial charge >= 0.3 is 0 Å². The van der Waals surface area contributed by atoms with Crippen molar-refractivity contribution in [1.82, 2.24) is 10.9 Å². The SMILES string of the molecule is CCC(Oc1ccccc1C(C)CC)C(=O)NNC(=O)COc1c(C)cccc1C. The summed E-state index contributed by atoms with van der Waals surface area (Å²) in [6, 6.07) is 13.5. The van der Waals surface area contributed by atoms with E-state index >= 15 is 0 Å². The maximum atomic E-state index is 12.5. The van der Waals surface area contributed by atoms with Crippen LogP contribution in [0.5, 0.6) is 11.5 Å². The van der Waals surface area contributed by atoms with Gasteiger partial charge in [-0.05, 0) is 55.4 Å². The minimum absolute atomic E-state index is 0.194. The molecule has 6 nitrogen and oxygen atoms in total. The monoisotopic (exact) mass is 412 g/mol. The second kappa shape index (κ2) is 11.2. The minimum Gasteiger partial charge on any atom is -0.483 e. The van der Waals surface area contributed by atoms with E-state index in [0.29, 0.717) is 23.8 Å². The molecule has 2 amide bonds. The van der Waals surface area contributed by atoms with Crippen molar-refractivity contribution in [3.8, 4) is 11.5 Å². The molecule has 0 radical (unpaired) electrons. The Bertz CT molecular complexity index is 846. The molecule has 2 rings (SSSR count). The third-order valence-corrected chi connectivity index (χ3v) is 5.08. The number of amides is 2. The number of hydrogen-bond donors (Lipinski definition) is 2. The maximum Gasteiger partial charge on any atom is 0.279 e. The maximum absolute atomic E-state index is 12.5. The topological polar surface area (TPSA) is 76.7 Å². The van der Waals surface area contributed by atoms with E-state index in [9.17, 15) is 9.59 Å². The predicted molar refractivity (Wildman–Crippen MR) is 118 cm³/mol. The van der Waals surface area contributed by atoms with Gasteiger partial charge in [0, 0.05) is 0 Å². The first-order valence-electron chi connectivity index (χ1n) is 10.4. The highest BCUT2D eigenvalue weighted by atomic mass is 16.5. The second-order valence-corrected chi connectivity index (χ2v) is 7.41. The Morgan fingerprint density at radius 3 is 2.23 bits per heavy atom. The van der Waals surface area contributed by atoms with Crippen LogP contribution in [0.15, 0.2) is 42.5 Å². The molecule has 0 spiro atoms. The molecule has 0 aromatic heterocycles. The van der Waals surface area contributed by atoms with Crippen molar-refractivity contribution in [2.45, 2.75) is 59.5 Å². The average molecular weight is 413 g/mol. The van der Waals surface area contributed by atoms with Crippen LogP contribution in [0.1, 0.15) is 56.2 Å². The van der Waals surface area contributed by atoms with Crippen LogP contribution in [-0.2, 0) is 9.59 Å². The Kier molecular flexibility index (Phi) is 8.71. The molecule has 0 saturated carbocycles. The molecule has 2 N–H and O–H groups in total. The molecule has 2 unspecified atom stereocenters. The summed E-state index contributed by atoms with van der Waals surface area (Å²) in [5.41, 5.74) is 7.80. The molecule has 6 heteroatoms. The largest absolute Gasteiger partial charge is 0.483 e. The molecule has 0 fully saturated rings. The number of hydrazine groups is 1. The molecular weight excluding hydrogens is 380 g/mol. The summed E-state index contributed by atoms with van der Waals surface area (Å²) < 4.78 is 11.6. The second-order valence-electron chi connectivity index (χ2n) is 7.41. The number of ether oxygens (including phenoxy) is 2. The molecule has 2 atom stereocenters. The fourth-order valence-electron chi connectivity index (χ4n) is 3.10. The van der Waals surface area contributed by atoms with Crippen LogP contribution in [0.4, 0.5) is 0 Å². The summed E-state index contributed by atoms with van der Waals surface area (Å²) in [4.78, 5) is 24.6.